The quantitative estimate of drug-likeness (QED) is 0.697. The van der Waals surface area contributed by atoms with Gasteiger partial charge in [-0.3, -0.25) is 4.79 Å². The van der Waals surface area contributed by atoms with E-state index in [1.54, 1.807) is 12.0 Å². The van der Waals surface area contributed by atoms with Gasteiger partial charge in [-0.2, -0.15) is 0 Å². The number of benzene rings is 2. The van der Waals surface area contributed by atoms with Crippen molar-refractivity contribution < 1.29 is 23.0 Å². The normalized spacial score (nSPS) is 19.8. The fourth-order valence-corrected chi connectivity index (χ4v) is 4.30. The van der Waals surface area contributed by atoms with Gasteiger partial charge >= 0.3 is 0 Å². The zero-order valence-corrected chi connectivity index (χ0v) is 16.5. The second-order valence-corrected chi connectivity index (χ2v) is 7.89. The number of hydrogen-bond donors (Lipinski definition) is 0. The number of methoxy groups -OCH3 is 1. The minimum absolute atomic E-state index is 0.0118. The monoisotopic (exact) mass is 401 g/mol. The van der Waals surface area contributed by atoms with Gasteiger partial charge in [0.25, 0.3) is 0 Å². The maximum Gasteiger partial charge on any atom is 0.223 e. The lowest BCUT2D eigenvalue weighted by Gasteiger charge is -2.19. The summed E-state index contributed by atoms with van der Waals surface area (Å²) < 4.78 is 38.5. The molecule has 0 aromatic heterocycles. The Kier molecular flexibility index (Phi) is 5.69. The summed E-state index contributed by atoms with van der Waals surface area (Å²) in [4.78, 5) is 14.2. The standard InChI is InChI=1S/C23H25F2NO3/c1-28-21-7-6-16(10-22(21)29-20-4-2-3-5-20)17-11-23(27)26(14-17)13-15-8-18(24)12-19(25)9-15/h6-10,12,17,20H,2-5,11,13-14H2,1H3. The maximum absolute atomic E-state index is 13.5. The molecular weight excluding hydrogens is 376 g/mol. The van der Waals surface area contributed by atoms with Gasteiger partial charge in [0.2, 0.25) is 5.91 Å². The number of rotatable bonds is 6. The van der Waals surface area contributed by atoms with E-state index in [9.17, 15) is 13.6 Å². The molecule has 1 aliphatic carbocycles. The molecule has 0 spiro atoms. The number of hydrogen-bond acceptors (Lipinski definition) is 3. The fraction of sp³-hybridized carbons (Fsp3) is 0.435. The van der Waals surface area contributed by atoms with E-state index in [2.05, 4.69) is 0 Å². The summed E-state index contributed by atoms with van der Waals surface area (Å²) in [6.07, 6.45) is 5.04. The van der Waals surface area contributed by atoms with Gasteiger partial charge in [-0.15, -0.1) is 0 Å². The van der Waals surface area contributed by atoms with Crippen LogP contribution in [0.15, 0.2) is 36.4 Å². The first-order valence-electron chi connectivity index (χ1n) is 10.1. The average molecular weight is 401 g/mol. The van der Waals surface area contributed by atoms with Crippen molar-refractivity contribution in [2.24, 2.45) is 0 Å². The lowest BCUT2D eigenvalue weighted by Crippen LogP contribution is -2.24. The summed E-state index contributed by atoms with van der Waals surface area (Å²) >= 11 is 0. The second-order valence-electron chi connectivity index (χ2n) is 7.89. The van der Waals surface area contributed by atoms with Crippen LogP contribution >= 0.6 is 0 Å². The van der Waals surface area contributed by atoms with Gasteiger partial charge in [-0.05, 0) is 61.1 Å². The van der Waals surface area contributed by atoms with Gasteiger partial charge in [-0.25, -0.2) is 8.78 Å². The maximum atomic E-state index is 13.5. The molecule has 4 nitrogen and oxygen atoms in total. The Bertz CT molecular complexity index is 875. The molecule has 29 heavy (non-hydrogen) atoms. The molecule has 2 aromatic carbocycles. The molecule has 1 saturated carbocycles. The Morgan fingerprint density at radius 1 is 1.03 bits per heavy atom. The SMILES string of the molecule is COc1ccc(C2CC(=O)N(Cc3cc(F)cc(F)c3)C2)cc1OC1CCCC1. The molecule has 1 unspecified atom stereocenters. The van der Waals surface area contributed by atoms with Crippen LogP contribution in [0.25, 0.3) is 0 Å². The molecule has 0 bridgehead atoms. The summed E-state index contributed by atoms with van der Waals surface area (Å²) in [6, 6.07) is 9.19. The van der Waals surface area contributed by atoms with Crippen molar-refractivity contribution in [2.45, 2.75) is 50.7 Å². The molecule has 6 heteroatoms. The first-order valence-corrected chi connectivity index (χ1v) is 10.1. The van der Waals surface area contributed by atoms with Gasteiger partial charge in [0.1, 0.15) is 11.6 Å². The fourth-order valence-electron chi connectivity index (χ4n) is 4.30. The molecule has 0 N–H and O–H groups in total. The highest BCUT2D eigenvalue weighted by Gasteiger charge is 2.31. The van der Waals surface area contributed by atoms with Crippen LogP contribution in [0.1, 0.15) is 49.1 Å². The molecule has 1 atom stereocenters. The van der Waals surface area contributed by atoms with Crippen LogP contribution in [-0.4, -0.2) is 30.6 Å². The zero-order valence-electron chi connectivity index (χ0n) is 16.5. The summed E-state index contributed by atoms with van der Waals surface area (Å²) in [7, 11) is 1.62. The Balaban J connectivity index is 1.49. The third-order valence-corrected chi connectivity index (χ3v) is 5.77. The number of likely N-dealkylation sites (tertiary alicyclic amines) is 1. The van der Waals surface area contributed by atoms with Crippen LogP contribution in [0.3, 0.4) is 0 Å². The molecule has 154 valence electrons. The van der Waals surface area contributed by atoms with Crippen molar-refractivity contribution in [1.29, 1.82) is 0 Å². The summed E-state index contributed by atoms with van der Waals surface area (Å²) in [6.45, 7) is 0.706. The largest absolute Gasteiger partial charge is 0.493 e. The summed E-state index contributed by atoms with van der Waals surface area (Å²) in [5.41, 5.74) is 1.47. The second kappa shape index (κ2) is 8.39. The number of carbonyl (C=O) groups excluding carboxylic acids is 1. The van der Waals surface area contributed by atoms with Crippen molar-refractivity contribution in [3.8, 4) is 11.5 Å². The first kappa shape index (κ1) is 19.7. The van der Waals surface area contributed by atoms with Crippen LogP contribution in [0.2, 0.25) is 0 Å². The minimum Gasteiger partial charge on any atom is -0.493 e. The van der Waals surface area contributed by atoms with E-state index < -0.39 is 11.6 Å². The van der Waals surface area contributed by atoms with Crippen molar-refractivity contribution in [3.63, 3.8) is 0 Å². The lowest BCUT2D eigenvalue weighted by atomic mass is 9.98. The van der Waals surface area contributed by atoms with Gasteiger partial charge in [0.05, 0.1) is 13.2 Å². The Morgan fingerprint density at radius 2 is 1.76 bits per heavy atom. The molecule has 1 saturated heterocycles. The lowest BCUT2D eigenvalue weighted by molar-refractivity contribution is -0.128. The Hall–Kier alpha value is -2.63. The van der Waals surface area contributed by atoms with Crippen molar-refractivity contribution in [3.05, 3.63) is 59.2 Å². The highest BCUT2D eigenvalue weighted by atomic mass is 19.1. The van der Waals surface area contributed by atoms with Crippen LogP contribution in [-0.2, 0) is 11.3 Å². The molecular formula is C23H25F2NO3. The van der Waals surface area contributed by atoms with E-state index in [4.69, 9.17) is 9.47 Å². The van der Waals surface area contributed by atoms with Crippen LogP contribution in [0.5, 0.6) is 11.5 Å². The van der Waals surface area contributed by atoms with E-state index in [0.29, 0.717) is 24.3 Å². The summed E-state index contributed by atoms with van der Waals surface area (Å²) in [5, 5.41) is 0. The van der Waals surface area contributed by atoms with Crippen molar-refractivity contribution >= 4 is 5.91 Å². The molecule has 1 aliphatic heterocycles. The van der Waals surface area contributed by atoms with Crippen LogP contribution in [0.4, 0.5) is 8.78 Å². The van der Waals surface area contributed by atoms with Gasteiger partial charge in [-0.1, -0.05) is 6.07 Å². The number of amides is 1. The molecule has 0 radical (unpaired) electrons. The molecule has 2 aliphatic rings. The van der Waals surface area contributed by atoms with E-state index >= 15 is 0 Å². The number of ether oxygens (including phenoxy) is 2. The van der Waals surface area contributed by atoms with Crippen molar-refractivity contribution in [1.82, 2.24) is 4.90 Å². The third-order valence-electron chi connectivity index (χ3n) is 5.77. The molecule has 1 heterocycles. The topological polar surface area (TPSA) is 38.8 Å². The molecule has 2 fully saturated rings. The third kappa shape index (κ3) is 4.52. The molecule has 2 aromatic rings. The smallest absolute Gasteiger partial charge is 0.223 e. The molecule has 1 amide bonds. The Morgan fingerprint density at radius 3 is 2.45 bits per heavy atom. The van der Waals surface area contributed by atoms with E-state index in [0.717, 1.165) is 30.2 Å². The van der Waals surface area contributed by atoms with Gasteiger partial charge in [0.15, 0.2) is 11.5 Å². The van der Waals surface area contributed by atoms with E-state index in [-0.39, 0.29) is 24.5 Å². The Labute approximate surface area is 169 Å². The first-order chi connectivity index (χ1) is 14.0. The van der Waals surface area contributed by atoms with E-state index in [1.165, 1.54) is 25.0 Å². The van der Waals surface area contributed by atoms with Crippen LogP contribution < -0.4 is 9.47 Å². The van der Waals surface area contributed by atoms with Gasteiger partial charge < -0.3 is 14.4 Å². The average Bonchev–Trinajstić information content (AvgIpc) is 3.31. The minimum atomic E-state index is -0.632. The highest BCUT2D eigenvalue weighted by molar-refractivity contribution is 5.79. The highest BCUT2D eigenvalue weighted by Crippen LogP contribution is 2.37. The zero-order chi connectivity index (χ0) is 20.4. The van der Waals surface area contributed by atoms with Crippen LogP contribution in [0, 0.1) is 11.6 Å². The van der Waals surface area contributed by atoms with Gasteiger partial charge in [0, 0.05) is 31.5 Å². The summed E-state index contributed by atoms with van der Waals surface area (Å²) in [5.74, 6) is 0.137. The number of nitrogens with zero attached hydrogens (tertiary/aromatic N) is 1. The predicted molar refractivity (Wildman–Crippen MR) is 105 cm³/mol. The predicted octanol–water partition coefficient (Wildman–Crippen LogP) is 4.81. The number of halogens is 2. The molecule has 4 rings (SSSR count). The number of carbonyl (C=O) groups is 1. The van der Waals surface area contributed by atoms with Crippen molar-refractivity contribution in [2.75, 3.05) is 13.7 Å². The van der Waals surface area contributed by atoms with E-state index in [1.807, 2.05) is 18.2 Å².